The lowest BCUT2D eigenvalue weighted by molar-refractivity contribution is 0.631. The Morgan fingerprint density at radius 1 is 1.50 bits per heavy atom. The summed E-state index contributed by atoms with van der Waals surface area (Å²) in [6.45, 7) is 6.29. The molecule has 0 atom stereocenters. The molecule has 0 saturated carbocycles. The van der Waals surface area contributed by atoms with Gasteiger partial charge in [-0.1, -0.05) is 13.8 Å². The van der Waals surface area contributed by atoms with Crippen LogP contribution in [-0.4, -0.2) is 25.6 Å². The molecule has 0 amide bonds. The first kappa shape index (κ1) is 13.5. The van der Waals surface area contributed by atoms with Crippen LogP contribution < -0.4 is 10.2 Å². The van der Waals surface area contributed by atoms with E-state index in [1.54, 1.807) is 0 Å². The number of nitrogens with one attached hydrogen (secondary N) is 1. The highest BCUT2D eigenvalue weighted by molar-refractivity contribution is 9.10. The van der Waals surface area contributed by atoms with Crippen LogP contribution >= 0.6 is 15.9 Å². The normalized spacial score (nSPS) is 10.9. The summed E-state index contributed by atoms with van der Waals surface area (Å²) in [4.78, 5) is 6.70. The molecule has 1 N–H and O–H groups in total. The monoisotopic (exact) mass is 285 g/mol. The smallest absolute Gasteiger partial charge is 0.132 e. The fourth-order valence-electron chi connectivity index (χ4n) is 1.77. The fourth-order valence-corrected chi connectivity index (χ4v) is 2.15. The zero-order valence-electron chi connectivity index (χ0n) is 10.4. The molecule has 1 aromatic rings. The van der Waals surface area contributed by atoms with Gasteiger partial charge in [-0.2, -0.15) is 0 Å². The van der Waals surface area contributed by atoms with Crippen LogP contribution in [0.4, 0.5) is 5.82 Å². The number of anilines is 1. The Morgan fingerprint density at radius 3 is 2.75 bits per heavy atom. The van der Waals surface area contributed by atoms with Gasteiger partial charge in [0.1, 0.15) is 5.82 Å². The molecule has 3 nitrogen and oxygen atoms in total. The van der Waals surface area contributed by atoms with Crippen LogP contribution in [0.15, 0.2) is 16.7 Å². The van der Waals surface area contributed by atoms with Crippen molar-refractivity contribution in [3.8, 4) is 0 Å². The second kappa shape index (κ2) is 6.21. The standard InChI is InChI=1S/C12H20BrN3/c1-9(2)8-16(4)12-10(6-14-3)5-11(13)7-15-12/h5,7,9,14H,6,8H2,1-4H3. The van der Waals surface area contributed by atoms with Crippen molar-refractivity contribution in [2.24, 2.45) is 5.92 Å². The van der Waals surface area contributed by atoms with Crippen molar-refractivity contribution < 1.29 is 0 Å². The molecule has 1 rings (SSSR count). The lowest BCUT2D eigenvalue weighted by atomic mass is 10.2. The first-order valence-corrected chi connectivity index (χ1v) is 6.34. The van der Waals surface area contributed by atoms with E-state index in [2.05, 4.69) is 58.1 Å². The van der Waals surface area contributed by atoms with Crippen LogP contribution in [0, 0.1) is 5.92 Å². The molecule has 0 radical (unpaired) electrons. The van der Waals surface area contributed by atoms with Crippen molar-refractivity contribution in [2.45, 2.75) is 20.4 Å². The number of pyridine rings is 1. The molecule has 0 aliphatic heterocycles. The van der Waals surface area contributed by atoms with E-state index in [1.165, 1.54) is 5.56 Å². The molecular formula is C12H20BrN3. The Labute approximate surface area is 106 Å². The molecule has 0 spiro atoms. The van der Waals surface area contributed by atoms with E-state index < -0.39 is 0 Å². The quantitative estimate of drug-likeness (QED) is 0.902. The van der Waals surface area contributed by atoms with E-state index in [9.17, 15) is 0 Å². The van der Waals surface area contributed by atoms with Gasteiger partial charge in [0.05, 0.1) is 0 Å². The van der Waals surface area contributed by atoms with Gasteiger partial charge in [-0.15, -0.1) is 0 Å². The first-order chi connectivity index (χ1) is 7.54. The van der Waals surface area contributed by atoms with Crippen LogP contribution in [0.2, 0.25) is 0 Å². The molecule has 0 fully saturated rings. The van der Waals surface area contributed by atoms with Crippen molar-refractivity contribution >= 4 is 21.7 Å². The van der Waals surface area contributed by atoms with E-state index in [-0.39, 0.29) is 0 Å². The lowest BCUT2D eigenvalue weighted by Gasteiger charge is -2.23. The molecule has 1 aromatic heterocycles. The number of hydrogen-bond donors (Lipinski definition) is 1. The summed E-state index contributed by atoms with van der Waals surface area (Å²) in [5.41, 5.74) is 1.22. The molecule has 0 unspecified atom stereocenters. The summed E-state index contributed by atoms with van der Waals surface area (Å²) in [5, 5.41) is 3.17. The van der Waals surface area contributed by atoms with Gasteiger partial charge in [0.2, 0.25) is 0 Å². The van der Waals surface area contributed by atoms with Crippen molar-refractivity contribution in [2.75, 3.05) is 25.5 Å². The van der Waals surface area contributed by atoms with Crippen molar-refractivity contribution in [1.82, 2.24) is 10.3 Å². The second-order valence-electron chi connectivity index (χ2n) is 4.44. The Balaban J connectivity index is 2.92. The van der Waals surface area contributed by atoms with Gasteiger partial charge < -0.3 is 10.2 Å². The first-order valence-electron chi connectivity index (χ1n) is 5.54. The van der Waals surface area contributed by atoms with Gasteiger partial charge in [0.15, 0.2) is 0 Å². The lowest BCUT2D eigenvalue weighted by Crippen LogP contribution is -2.25. The maximum atomic E-state index is 4.49. The third-order valence-electron chi connectivity index (χ3n) is 2.28. The Kier molecular flexibility index (Phi) is 5.22. The number of rotatable bonds is 5. The van der Waals surface area contributed by atoms with Crippen molar-refractivity contribution in [3.63, 3.8) is 0 Å². The Bertz CT molecular complexity index is 339. The maximum Gasteiger partial charge on any atom is 0.132 e. The Morgan fingerprint density at radius 2 is 2.19 bits per heavy atom. The van der Waals surface area contributed by atoms with Crippen LogP contribution in [0.3, 0.4) is 0 Å². The molecule has 0 aromatic carbocycles. The predicted molar refractivity (Wildman–Crippen MR) is 72.8 cm³/mol. The summed E-state index contributed by atoms with van der Waals surface area (Å²) in [7, 11) is 4.04. The fraction of sp³-hybridized carbons (Fsp3) is 0.583. The number of nitrogens with zero attached hydrogens (tertiary/aromatic N) is 2. The summed E-state index contributed by atoms with van der Waals surface area (Å²) in [6, 6.07) is 2.12. The molecule has 4 heteroatoms. The van der Waals surface area contributed by atoms with Gasteiger partial charge in [-0.3, -0.25) is 0 Å². The minimum absolute atomic E-state index is 0.637. The molecule has 16 heavy (non-hydrogen) atoms. The zero-order chi connectivity index (χ0) is 12.1. The summed E-state index contributed by atoms with van der Waals surface area (Å²) < 4.78 is 1.03. The number of hydrogen-bond acceptors (Lipinski definition) is 3. The third-order valence-corrected chi connectivity index (χ3v) is 2.71. The van der Waals surface area contributed by atoms with E-state index in [0.717, 1.165) is 23.4 Å². The highest BCUT2D eigenvalue weighted by atomic mass is 79.9. The van der Waals surface area contributed by atoms with Gasteiger partial charge in [-0.05, 0) is 35.0 Å². The average Bonchev–Trinajstić information content (AvgIpc) is 2.17. The van der Waals surface area contributed by atoms with Crippen molar-refractivity contribution in [3.05, 3.63) is 22.3 Å². The topological polar surface area (TPSA) is 28.2 Å². The van der Waals surface area contributed by atoms with E-state index in [0.29, 0.717) is 5.92 Å². The van der Waals surface area contributed by atoms with Gasteiger partial charge in [0.25, 0.3) is 0 Å². The summed E-state index contributed by atoms with van der Waals surface area (Å²) in [5.74, 6) is 1.70. The van der Waals surface area contributed by atoms with E-state index in [1.807, 2.05) is 13.2 Å². The minimum atomic E-state index is 0.637. The van der Waals surface area contributed by atoms with E-state index in [4.69, 9.17) is 0 Å². The molecule has 0 saturated heterocycles. The van der Waals surface area contributed by atoms with Gasteiger partial charge >= 0.3 is 0 Å². The molecule has 0 aliphatic rings. The molecule has 90 valence electrons. The number of aromatic nitrogens is 1. The van der Waals surface area contributed by atoms with Gasteiger partial charge in [-0.25, -0.2) is 4.98 Å². The predicted octanol–water partition coefficient (Wildman–Crippen LogP) is 2.66. The third kappa shape index (κ3) is 3.76. The highest BCUT2D eigenvalue weighted by Gasteiger charge is 2.10. The summed E-state index contributed by atoms with van der Waals surface area (Å²) in [6.07, 6.45) is 1.85. The summed E-state index contributed by atoms with van der Waals surface area (Å²) >= 11 is 3.46. The van der Waals surface area contributed by atoms with Crippen molar-refractivity contribution in [1.29, 1.82) is 0 Å². The largest absolute Gasteiger partial charge is 0.359 e. The zero-order valence-corrected chi connectivity index (χ0v) is 12.0. The van der Waals surface area contributed by atoms with E-state index >= 15 is 0 Å². The SMILES string of the molecule is CNCc1cc(Br)cnc1N(C)CC(C)C. The number of halogens is 1. The molecule has 1 heterocycles. The van der Waals surface area contributed by atoms with Crippen LogP contribution in [0.25, 0.3) is 0 Å². The van der Waals surface area contributed by atoms with Crippen LogP contribution in [0.1, 0.15) is 19.4 Å². The average molecular weight is 286 g/mol. The molecular weight excluding hydrogens is 266 g/mol. The van der Waals surface area contributed by atoms with Crippen LogP contribution in [-0.2, 0) is 6.54 Å². The maximum absolute atomic E-state index is 4.49. The molecule has 0 aliphatic carbocycles. The van der Waals surface area contributed by atoms with Crippen LogP contribution in [0.5, 0.6) is 0 Å². The Hall–Kier alpha value is -0.610. The highest BCUT2D eigenvalue weighted by Crippen LogP contribution is 2.21. The minimum Gasteiger partial charge on any atom is -0.359 e. The second-order valence-corrected chi connectivity index (χ2v) is 5.36. The molecule has 0 bridgehead atoms. The van der Waals surface area contributed by atoms with Gasteiger partial charge in [0, 0.05) is 36.4 Å².